The van der Waals surface area contributed by atoms with Crippen molar-refractivity contribution < 1.29 is 4.79 Å². The number of aromatic nitrogens is 4. The van der Waals surface area contributed by atoms with Crippen LogP contribution in [-0.4, -0.2) is 25.5 Å². The predicted octanol–water partition coefficient (Wildman–Crippen LogP) is 3.26. The zero-order valence-corrected chi connectivity index (χ0v) is 15.0. The third-order valence-electron chi connectivity index (χ3n) is 4.67. The van der Waals surface area contributed by atoms with Gasteiger partial charge in [-0.25, -0.2) is 0 Å². The molecule has 1 aromatic carbocycles. The van der Waals surface area contributed by atoms with Crippen LogP contribution in [0.4, 0.5) is 5.82 Å². The zero-order valence-electron chi connectivity index (χ0n) is 14.2. The lowest BCUT2D eigenvalue weighted by Gasteiger charge is -2.24. The minimum absolute atomic E-state index is 0.0422. The summed E-state index contributed by atoms with van der Waals surface area (Å²) in [7, 11) is 3.65. The van der Waals surface area contributed by atoms with Crippen LogP contribution in [0.5, 0.6) is 0 Å². The number of hydrogen-bond acceptors (Lipinski definition) is 3. The summed E-state index contributed by atoms with van der Waals surface area (Å²) in [6, 6.07) is 9.98. The van der Waals surface area contributed by atoms with E-state index in [4.69, 9.17) is 11.6 Å². The normalized spacial score (nSPS) is 16.6. The fourth-order valence-corrected chi connectivity index (χ4v) is 3.89. The molecular weight excluding hydrogens is 338 g/mol. The standard InChI is InChI=1S/C18H18ClN5O/c1-10-14(17(19)23(2)21-10)12-9-13(25)20-18-15(12)16(22-24(18)3)11-7-5-4-6-8-11/h4-8,12H,9H2,1-3H3,(H,20,25)/t12-/m0/s1. The van der Waals surface area contributed by atoms with Crippen molar-refractivity contribution in [2.24, 2.45) is 14.1 Å². The number of nitrogens with zero attached hydrogens (tertiary/aromatic N) is 4. The van der Waals surface area contributed by atoms with Gasteiger partial charge >= 0.3 is 0 Å². The van der Waals surface area contributed by atoms with Gasteiger partial charge in [-0.15, -0.1) is 0 Å². The number of amides is 1. The van der Waals surface area contributed by atoms with E-state index in [9.17, 15) is 4.79 Å². The summed E-state index contributed by atoms with van der Waals surface area (Å²) in [5.41, 5.74) is 4.60. The molecule has 0 radical (unpaired) electrons. The highest BCUT2D eigenvalue weighted by molar-refractivity contribution is 6.30. The van der Waals surface area contributed by atoms with E-state index in [1.807, 2.05) is 51.4 Å². The first kappa shape index (κ1) is 15.9. The van der Waals surface area contributed by atoms with Gasteiger partial charge in [0.15, 0.2) is 0 Å². The molecule has 0 fully saturated rings. The van der Waals surface area contributed by atoms with Crippen molar-refractivity contribution in [3.05, 3.63) is 52.3 Å². The Morgan fingerprint density at radius 2 is 1.84 bits per heavy atom. The first-order valence-electron chi connectivity index (χ1n) is 8.08. The summed E-state index contributed by atoms with van der Waals surface area (Å²) >= 11 is 6.51. The molecule has 0 bridgehead atoms. The number of anilines is 1. The highest BCUT2D eigenvalue weighted by atomic mass is 35.5. The lowest BCUT2D eigenvalue weighted by Crippen LogP contribution is -2.25. The Kier molecular flexibility index (Phi) is 3.65. The number of carbonyl (C=O) groups is 1. The van der Waals surface area contributed by atoms with Gasteiger partial charge in [-0.3, -0.25) is 14.2 Å². The number of halogens is 1. The first-order chi connectivity index (χ1) is 12.0. The molecule has 1 N–H and O–H groups in total. The lowest BCUT2D eigenvalue weighted by atomic mass is 9.84. The Hall–Kier alpha value is -2.60. The van der Waals surface area contributed by atoms with Crippen LogP contribution in [0.1, 0.15) is 29.2 Å². The minimum Gasteiger partial charge on any atom is -0.311 e. The molecule has 0 saturated heterocycles. The van der Waals surface area contributed by atoms with Crippen molar-refractivity contribution in [3.63, 3.8) is 0 Å². The third kappa shape index (κ3) is 2.44. The van der Waals surface area contributed by atoms with Crippen molar-refractivity contribution in [2.45, 2.75) is 19.3 Å². The summed E-state index contributed by atoms with van der Waals surface area (Å²) in [5, 5.41) is 12.6. The van der Waals surface area contributed by atoms with Gasteiger partial charge in [-0.1, -0.05) is 41.9 Å². The molecule has 1 amide bonds. The second kappa shape index (κ2) is 5.74. The van der Waals surface area contributed by atoms with Crippen LogP contribution in [0.15, 0.2) is 30.3 Å². The lowest BCUT2D eigenvalue weighted by molar-refractivity contribution is -0.116. The van der Waals surface area contributed by atoms with Gasteiger partial charge in [0.2, 0.25) is 5.91 Å². The molecule has 0 unspecified atom stereocenters. The van der Waals surface area contributed by atoms with E-state index in [0.717, 1.165) is 33.9 Å². The van der Waals surface area contributed by atoms with Gasteiger partial charge in [0.1, 0.15) is 11.0 Å². The summed E-state index contributed by atoms with van der Waals surface area (Å²) < 4.78 is 3.37. The summed E-state index contributed by atoms with van der Waals surface area (Å²) in [4.78, 5) is 12.3. The van der Waals surface area contributed by atoms with Crippen molar-refractivity contribution >= 4 is 23.3 Å². The highest BCUT2D eigenvalue weighted by Gasteiger charge is 2.36. The quantitative estimate of drug-likeness (QED) is 0.767. The van der Waals surface area contributed by atoms with Gasteiger partial charge < -0.3 is 5.32 Å². The van der Waals surface area contributed by atoms with Crippen molar-refractivity contribution in [2.75, 3.05) is 5.32 Å². The van der Waals surface area contributed by atoms with Crippen molar-refractivity contribution in [1.82, 2.24) is 19.6 Å². The molecule has 1 aliphatic heterocycles. The Bertz CT molecular complexity index is 973. The smallest absolute Gasteiger partial charge is 0.226 e. The summed E-state index contributed by atoms with van der Waals surface area (Å²) in [6.07, 6.45) is 0.324. The van der Waals surface area contributed by atoms with Crippen LogP contribution in [0.2, 0.25) is 5.15 Å². The molecular formula is C18H18ClN5O. The highest BCUT2D eigenvalue weighted by Crippen LogP contribution is 2.45. The summed E-state index contributed by atoms with van der Waals surface area (Å²) in [6.45, 7) is 1.92. The number of fused-ring (bicyclic) bond motifs is 1. The molecule has 0 spiro atoms. The maximum atomic E-state index is 12.3. The molecule has 1 aliphatic rings. The third-order valence-corrected chi connectivity index (χ3v) is 5.12. The largest absolute Gasteiger partial charge is 0.311 e. The van der Waals surface area contributed by atoms with E-state index >= 15 is 0 Å². The van der Waals surface area contributed by atoms with Crippen LogP contribution in [0.3, 0.4) is 0 Å². The van der Waals surface area contributed by atoms with Crippen LogP contribution in [0, 0.1) is 6.92 Å². The maximum Gasteiger partial charge on any atom is 0.226 e. The molecule has 7 heteroatoms. The van der Waals surface area contributed by atoms with Crippen LogP contribution in [-0.2, 0) is 18.9 Å². The van der Waals surface area contributed by atoms with E-state index in [1.54, 1.807) is 9.36 Å². The Labute approximate surface area is 150 Å². The molecule has 0 saturated carbocycles. The van der Waals surface area contributed by atoms with Crippen LogP contribution < -0.4 is 5.32 Å². The van der Waals surface area contributed by atoms with E-state index < -0.39 is 0 Å². The number of aryl methyl sites for hydroxylation is 3. The fourth-order valence-electron chi connectivity index (χ4n) is 3.59. The monoisotopic (exact) mass is 355 g/mol. The van der Waals surface area contributed by atoms with Gasteiger partial charge in [0.05, 0.1) is 11.4 Å². The summed E-state index contributed by atoms with van der Waals surface area (Å²) in [5.74, 6) is 0.507. The minimum atomic E-state index is -0.172. The molecule has 4 rings (SSSR count). The second-order valence-corrected chi connectivity index (χ2v) is 6.68. The molecule has 6 nitrogen and oxygen atoms in total. The van der Waals surface area contributed by atoms with E-state index in [-0.39, 0.29) is 11.8 Å². The van der Waals surface area contributed by atoms with Gasteiger partial charge in [0.25, 0.3) is 0 Å². The van der Waals surface area contributed by atoms with E-state index in [1.165, 1.54) is 0 Å². The number of benzene rings is 1. The van der Waals surface area contributed by atoms with Gasteiger partial charge in [-0.2, -0.15) is 10.2 Å². The molecule has 25 heavy (non-hydrogen) atoms. The predicted molar refractivity (Wildman–Crippen MR) is 96.7 cm³/mol. The molecule has 0 aliphatic carbocycles. The van der Waals surface area contributed by atoms with Crippen molar-refractivity contribution in [1.29, 1.82) is 0 Å². The Morgan fingerprint density at radius 1 is 1.12 bits per heavy atom. The van der Waals surface area contributed by atoms with Crippen LogP contribution >= 0.6 is 11.6 Å². The number of rotatable bonds is 2. The zero-order chi connectivity index (χ0) is 17.7. The average molecular weight is 356 g/mol. The van der Waals surface area contributed by atoms with Crippen molar-refractivity contribution in [3.8, 4) is 11.3 Å². The fraction of sp³-hybridized carbons (Fsp3) is 0.278. The first-order valence-corrected chi connectivity index (χ1v) is 8.46. The SMILES string of the molecule is Cc1nn(C)c(Cl)c1[C@@H]1CC(=O)Nc2c1c(-c1ccccc1)nn2C. The second-order valence-electron chi connectivity index (χ2n) is 6.32. The van der Waals surface area contributed by atoms with Gasteiger partial charge in [0, 0.05) is 43.1 Å². The van der Waals surface area contributed by atoms with E-state index in [0.29, 0.717) is 11.6 Å². The molecule has 2 aromatic heterocycles. The number of nitrogens with one attached hydrogen (secondary N) is 1. The molecule has 1 atom stereocenters. The molecule has 128 valence electrons. The number of carbonyl (C=O) groups excluding carboxylic acids is 1. The number of hydrogen-bond donors (Lipinski definition) is 1. The van der Waals surface area contributed by atoms with Gasteiger partial charge in [-0.05, 0) is 6.92 Å². The molecule has 3 aromatic rings. The average Bonchev–Trinajstić information content (AvgIpc) is 3.05. The Morgan fingerprint density at radius 3 is 2.48 bits per heavy atom. The Balaban J connectivity index is 1.98. The maximum absolute atomic E-state index is 12.3. The van der Waals surface area contributed by atoms with E-state index in [2.05, 4.69) is 15.5 Å². The topological polar surface area (TPSA) is 64.7 Å². The molecule has 3 heterocycles. The van der Waals surface area contributed by atoms with Crippen LogP contribution in [0.25, 0.3) is 11.3 Å².